The maximum Gasteiger partial charge on any atom is 0.156 e. The normalized spacial score (nSPS) is 23.6. The largest absolute Gasteiger partial charge is 0.365 e. The van der Waals surface area contributed by atoms with Gasteiger partial charge in [0.05, 0.1) is 6.54 Å². The lowest BCUT2D eigenvalue weighted by Gasteiger charge is -2.12. The first-order valence-corrected chi connectivity index (χ1v) is 8.76. The zero-order valence-electron chi connectivity index (χ0n) is 11.2. The molecule has 1 rings (SSSR count). The molecule has 0 aromatic rings. The van der Waals surface area contributed by atoms with E-state index >= 15 is 0 Å². The summed E-state index contributed by atoms with van der Waals surface area (Å²) in [6.45, 7) is 8.36. The number of nitrogens with one attached hydrogen (secondary N) is 1. The Bertz CT molecular complexity index is 292. The van der Waals surface area contributed by atoms with E-state index in [9.17, 15) is 4.21 Å². The molecule has 3 nitrogen and oxygen atoms in total. The van der Waals surface area contributed by atoms with E-state index < -0.39 is 10.8 Å². The molecule has 17 heavy (non-hydrogen) atoms. The number of hydrogen-bond acceptors (Lipinski definition) is 4. The summed E-state index contributed by atoms with van der Waals surface area (Å²) in [7, 11) is -0.715. The van der Waals surface area contributed by atoms with Crippen LogP contribution in [0.5, 0.6) is 0 Å². The van der Waals surface area contributed by atoms with Crippen LogP contribution in [0.4, 0.5) is 0 Å². The van der Waals surface area contributed by atoms with Crippen LogP contribution >= 0.6 is 11.8 Å². The Kier molecular flexibility index (Phi) is 6.55. The van der Waals surface area contributed by atoms with Crippen LogP contribution in [-0.2, 0) is 10.8 Å². The molecular formula is C12H24N2OS2. The molecule has 5 heteroatoms. The minimum absolute atomic E-state index is 0.265. The number of aliphatic imine (C=N–C) groups is 1. The molecule has 3 unspecified atom stereocenters. The van der Waals surface area contributed by atoms with Crippen molar-refractivity contribution >= 4 is 27.7 Å². The Balaban J connectivity index is 2.16. The average Bonchev–Trinajstić information content (AvgIpc) is 2.64. The predicted octanol–water partition coefficient (Wildman–Crippen LogP) is 2.25. The molecular weight excluding hydrogens is 252 g/mol. The summed E-state index contributed by atoms with van der Waals surface area (Å²) >= 11 is 1.86. The van der Waals surface area contributed by atoms with Gasteiger partial charge >= 0.3 is 0 Å². The van der Waals surface area contributed by atoms with Crippen LogP contribution in [0.2, 0.25) is 0 Å². The van der Waals surface area contributed by atoms with Crippen molar-refractivity contribution in [3.8, 4) is 0 Å². The molecule has 1 N–H and O–H groups in total. The highest BCUT2D eigenvalue weighted by atomic mass is 32.2. The van der Waals surface area contributed by atoms with Gasteiger partial charge in [-0.25, -0.2) is 0 Å². The van der Waals surface area contributed by atoms with Crippen LogP contribution in [0.25, 0.3) is 0 Å². The average molecular weight is 276 g/mol. The first-order valence-electron chi connectivity index (χ1n) is 6.26. The van der Waals surface area contributed by atoms with Crippen molar-refractivity contribution in [3.63, 3.8) is 0 Å². The van der Waals surface area contributed by atoms with E-state index in [1.807, 2.05) is 18.7 Å². The van der Waals surface area contributed by atoms with Gasteiger partial charge in [-0.3, -0.25) is 9.20 Å². The fourth-order valence-corrected chi connectivity index (χ4v) is 3.44. The van der Waals surface area contributed by atoms with Gasteiger partial charge in [0.15, 0.2) is 5.17 Å². The first kappa shape index (κ1) is 15.0. The van der Waals surface area contributed by atoms with E-state index in [2.05, 4.69) is 24.2 Å². The Labute approximate surface area is 112 Å². The van der Waals surface area contributed by atoms with Crippen LogP contribution in [0.15, 0.2) is 4.99 Å². The molecule has 1 heterocycles. The van der Waals surface area contributed by atoms with Gasteiger partial charge in [-0.05, 0) is 18.8 Å². The Morgan fingerprint density at radius 2 is 2.24 bits per heavy atom. The highest BCUT2D eigenvalue weighted by Crippen LogP contribution is 2.25. The molecule has 0 bridgehead atoms. The molecule has 0 aromatic carbocycles. The third kappa shape index (κ3) is 5.91. The topological polar surface area (TPSA) is 41.5 Å². The summed E-state index contributed by atoms with van der Waals surface area (Å²) < 4.78 is 11.2. The van der Waals surface area contributed by atoms with Crippen molar-refractivity contribution < 1.29 is 4.21 Å². The molecule has 1 aliphatic heterocycles. The van der Waals surface area contributed by atoms with Gasteiger partial charge in [0.1, 0.15) is 0 Å². The van der Waals surface area contributed by atoms with Gasteiger partial charge in [0, 0.05) is 34.1 Å². The molecule has 0 spiro atoms. The first-order chi connectivity index (χ1) is 7.99. The molecule has 1 aliphatic rings. The van der Waals surface area contributed by atoms with Crippen molar-refractivity contribution in [1.82, 2.24) is 5.32 Å². The van der Waals surface area contributed by atoms with Crippen LogP contribution in [0.3, 0.4) is 0 Å². The minimum Gasteiger partial charge on any atom is -0.365 e. The van der Waals surface area contributed by atoms with Crippen molar-refractivity contribution in [1.29, 1.82) is 0 Å². The van der Waals surface area contributed by atoms with E-state index in [0.717, 1.165) is 30.6 Å². The van der Waals surface area contributed by atoms with Crippen molar-refractivity contribution in [2.24, 2.45) is 10.9 Å². The van der Waals surface area contributed by atoms with Crippen molar-refractivity contribution in [2.45, 2.75) is 44.1 Å². The Hall–Kier alpha value is -0.0300. The lowest BCUT2D eigenvalue weighted by Crippen LogP contribution is -2.24. The second kappa shape index (κ2) is 7.41. The minimum atomic E-state index is -0.715. The van der Waals surface area contributed by atoms with Gasteiger partial charge < -0.3 is 5.32 Å². The fraction of sp³-hybridized carbons (Fsp3) is 0.917. The number of amidine groups is 1. The monoisotopic (exact) mass is 276 g/mol. The van der Waals surface area contributed by atoms with Gasteiger partial charge in [-0.15, -0.1) is 0 Å². The quantitative estimate of drug-likeness (QED) is 0.809. The van der Waals surface area contributed by atoms with E-state index in [4.69, 9.17) is 0 Å². The number of nitrogens with zero attached hydrogens (tertiary/aromatic N) is 1. The number of rotatable bonds is 6. The maximum absolute atomic E-state index is 11.2. The van der Waals surface area contributed by atoms with Gasteiger partial charge in [0.25, 0.3) is 0 Å². The van der Waals surface area contributed by atoms with E-state index in [1.54, 1.807) is 6.26 Å². The summed E-state index contributed by atoms with van der Waals surface area (Å²) in [5.74, 6) is 0.740. The second-order valence-electron chi connectivity index (χ2n) is 5.04. The molecule has 0 aliphatic carbocycles. The summed E-state index contributed by atoms with van der Waals surface area (Å²) in [5.41, 5.74) is 0. The molecule has 3 atom stereocenters. The molecule has 0 radical (unpaired) electrons. The van der Waals surface area contributed by atoms with Crippen LogP contribution in [0, 0.1) is 5.92 Å². The van der Waals surface area contributed by atoms with E-state index in [0.29, 0.717) is 5.25 Å². The SMILES string of the molecule is CC(C)CC1CN=C(NCCC(C)S(C)=O)S1. The lowest BCUT2D eigenvalue weighted by molar-refractivity contribution is 0.575. The third-order valence-corrected chi connectivity index (χ3v) is 5.39. The van der Waals surface area contributed by atoms with Gasteiger partial charge in [-0.2, -0.15) is 0 Å². The summed E-state index contributed by atoms with van der Waals surface area (Å²) in [4.78, 5) is 4.50. The second-order valence-corrected chi connectivity index (χ2v) is 8.13. The smallest absolute Gasteiger partial charge is 0.156 e. The summed E-state index contributed by atoms with van der Waals surface area (Å²) in [6, 6.07) is 0. The summed E-state index contributed by atoms with van der Waals surface area (Å²) in [5, 5.41) is 5.34. The zero-order valence-corrected chi connectivity index (χ0v) is 12.9. The zero-order chi connectivity index (χ0) is 12.8. The van der Waals surface area contributed by atoms with Crippen molar-refractivity contribution in [3.05, 3.63) is 0 Å². The number of thioether (sulfide) groups is 1. The molecule has 0 amide bonds. The molecule has 0 fully saturated rings. The molecule has 100 valence electrons. The third-order valence-electron chi connectivity index (χ3n) is 2.84. The number of hydrogen-bond donors (Lipinski definition) is 1. The molecule has 0 saturated carbocycles. The predicted molar refractivity (Wildman–Crippen MR) is 79.3 cm³/mol. The van der Waals surface area contributed by atoms with Crippen LogP contribution in [-0.4, -0.2) is 39.2 Å². The van der Waals surface area contributed by atoms with E-state index in [-0.39, 0.29) is 5.25 Å². The fourth-order valence-electron chi connectivity index (χ4n) is 1.71. The van der Waals surface area contributed by atoms with E-state index in [1.165, 1.54) is 6.42 Å². The molecule has 0 saturated heterocycles. The molecule has 0 aromatic heterocycles. The van der Waals surface area contributed by atoms with Crippen LogP contribution in [0.1, 0.15) is 33.6 Å². The summed E-state index contributed by atoms with van der Waals surface area (Å²) in [6.07, 6.45) is 3.94. The standard InChI is InChI=1S/C12H24N2OS2/c1-9(2)7-11-8-14-12(16-11)13-6-5-10(3)17(4)15/h9-11H,5-8H2,1-4H3,(H,13,14). The van der Waals surface area contributed by atoms with Gasteiger partial charge in [-0.1, -0.05) is 32.5 Å². The maximum atomic E-state index is 11.2. The lowest BCUT2D eigenvalue weighted by atomic mass is 10.1. The van der Waals surface area contributed by atoms with Crippen LogP contribution < -0.4 is 5.32 Å². The highest BCUT2D eigenvalue weighted by molar-refractivity contribution is 8.14. The highest BCUT2D eigenvalue weighted by Gasteiger charge is 2.20. The van der Waals surface area contributed by atoms with Crippen molar-refractivity contribution in [2.75, 3.05) is 19.3 Å². The Morgan fingerprint density at radius 3 is 2.82 bits per heavy atom. The van der Waals surface area contributed by atoms with Gasteiger partial charge in [0.2, 0.25) is 0 Å². The Morgan fingerprint density at radius 1 is 1.53 bits per heavy atom.